The van der Waals surface area contributed by atoms with Crippen LogP contribution >= 0.6 is 22.9 Å². The van der Waals surface area contributed by atoms with Gasteiger partial charge in [0, 0.05) is 24.7 Å². The highest BCUT2D eigenvalue weighted by Gasteiger charge is 2.26. The zero-order valence-corrected chi connectivity index (χ0v) is 18.6. The molecule has 1 aliphatic heterocycles. The molecule has 1 saturated heterocycles. The number of nitrogens with zero attached hydrogens (tertiary/aromatic N) is 2. The van der Waals surface area contributed by atoms with Crippen LogP contribution in [-0.4, -0.2) is 37.7 Å². The van der Waals surface area contributed by atoms with E-state index in [0.29, 0.717) is 23.1 Å². The average Bonchev–Trinajstić information content (AvgIpc) is 3.18. The second-order valence-corrected chi connectivity index (χ2v) is 8.58. The van der Waals surface area contributed by atoms with Crippen molar-refractivity contribution in [2.45, 2.75) is 19.8 Å². The van der Waals surface area contributed by atoms with Gasteiger partial charge in [-0.15, -0.1) is 0 Å². The van der Waals surface area contributed by atoms with Gasteiger partial charge in [-0.25, -0.2) is 4.98 Å². The van der Waals surface area contributed by atoms with Gasteiger partial charge in [-0.3, -0.25) is 4.79 Å². The average molecular weight is 446 g/mol. The fourth-order valence-corrected chi connectivity index (χ4v) is 4.91. The molecule has 2 heterocycles. The number of nitrogens with one attached hydrogen (secondary N) is 1. The number of hydrogen-bond donors (Lipinski definition) is 1. The molecule has 3 aromatic rings. The van der Waals surface area contributed by atoms with Gasteiger partial charge in [-0.1, -0.05) is 22.9 Å². The summed E-state index contributed by atoms with van der Waals surface area (Å²) in [6, 6.07) is 11.3. The van der Waals surface area contributed by atoms with E-state index in [0.717, 1.165) is 47.0 Å². The number of benzene rings is 2. The molecular weight excluding hydrogens is 422 g/mol. The molecule has 1 fully saturated rings. The van der Waals surface area contributed by atoms with E-state index in [9.17, 15) is 4.79 Å². The third-order valence-corrected chi connectivity index (χ3v) is 6.59. The zero-order chi connectivity index (χ0) is 21.1. The molecule has 30 heavy (non-hydrogen) atoms. The van der Waals surface area contributed by atoms with Crippen LogP contribution in [0, 0.1) is 5.92 Å². The molecule has 0 aliphatic carbocycles. The summed E-state index contributed by atoms with van der Waals surface area (Å²) >= 11 is 7.82. The van der Waals surface area contributed by atoms with Crippen LogP contribution in [-0.2, 0) is 4.79 Å². The molecule has 0 saturated carbocycles. The number of fused-ring (bicyclic) bond motifs is 1. The number of aromatic nitrogens is 1. The molecule has 0 bridgehead atoms. The monoisotopic (exact) mass is 445 g/mol. The Balaban J connectivity index is 1.37. The number of piperidine rings is 1. The normalized spacial score (nSPS) is 14.7. The molecule has 0 radical (unpaired) electrons. The molecule has 4 rings (SSSR count). The van der Waals surface area contributed by atoms with Gasteiger partial charge in [0.05, 0.1) is 29.0 Å². The maximum Gasteiger partial charge on any atom is 0.227 e. The van der Waals surface area contributed by atoms with Crippen molar-refractivity contribution in [3.05, 3.63) is 41.4 Å². The summed E-state index contributed by atoms with van der Waals surface area (Å²) in [4.78, 5) is 19.7. The summed E-state index contributed by atoms with van der Waals surface area (Å²) in [5.74, 6) is 1.46. The minimum atomic E-state index is -0.0268. The maximum absolute atomic E-state index is 12.7. The molecule has 1 aliphatic rings. The molecule has 1 amide bonds. The van der Waals surface area contributed by atoms with Crippen LogP contribution in [0.25, 0.3) is 10.2 Å². The molecule has 1 N–H and O–H groups in total. The topological polar surface area (TPSA) is 63.7 Å². The summed E-state index contributed by atoms with van der Waals surface area (Å²) in [5.41, 5.74) is 1.67. The van der Waals surface area contributed by atoms with E-state index in [4.69, 9.17) is 26.1 Å². The number of amides is 1. The van der Waals surface area contributed by atoms with Crippen molar-refractivity contribution in [3.63, 3.8) is 0 Å². The van der Waals surface area contributed by atoms with Crippen molar-refractivity contribution in [1.29, 1.82) is 0 Å². The van der Waals surface area contributed by atoms with Crippen LogP contribution in [0.1, 0.15) is 19.8 Å². The summed E-state index contributed by atoms with van der Waals surface area (Å²) in [6.07, 6.45) is 1.58. The van der Waals surface area contributed by atoms with Crippen LogP contribution in [0.2, 0.25) is 5.02 Å². The smallest absolute Gasteiger partial charge is 0.227 e. The molecule has 1 aromatic heterocycles. The van der Waals surface area contributed by atoms with Gasteiger partial charge in [0.15, 0.2) is 5.13 Å². The van der Waals surface area contributed by atoms with E-state index in [2.05, 4.69) is 10.2 Å². The van der Waals surface area contributed by atoms with Crippen molar-refractivity contribution in [2.75, 3.05) is 37.0 Å². The lowest BCUT2D eigenvalue weighted by molar-refractivity contribution is -0.120. The number of hydrogen-bond acceptors (Lipinski definition) is 6. The highest BCUT2D eigenvalue weighted by Crippen LogP contribution is 2.34. The first kappa shape index (κ1) is 20.8. The number of ether oxygens (including phenoxy) is 2. The van der Waals surface area contributed by atoms with Crippen molar-refractivity contribution < 1.29 is 14.3 Å². The molecule has 8 heteroatoms. The predicted molar refractivity (Wildman–Crippen MR) is 122 cm³/mol. The second kappa shape index (κ2) is 9.10. The third-order valence-electron chi connectivity index (χ3n) is 5.22. The Hall–Kier alpha value is -2.51. The first-order valence-corrected chi connectivity index (χ1v) is 11.2. The Morgan fingerprint density at radius 2 is 2.07 bits per heavy atom. The van der Waals surface area contributed by atoms with Crippen molar-refractivity contribution in [1.82, 2.24) is 4.98 Å². The summed E-state index contributed by atoms with van der Waals surface area (Å²) in [6.45, 7) is 4.24. The lowest BCUT2D eigenvalue weighted by atomic mass is 9.96. The lowest BCUT2D eigenvalue weighted by Crippen LogP contribution is -2.38. The van der Waals surface area contributed by atoms with Crippen LogP contribution in [0.15, 0.2) is 36.4 Å². The SMILES string of the molecule is CCOc1ccc2nc(N3CCC(C(=O)Nc4ccc(OC)c(Cl)c4)CC3)sc2c1. The van der Waals surface area contributed by atoms with E-state index in [1.165, 1.54) is 0 Å². The molecule has 2 aromatic carbocycles. The van der Waals surface area contributed by atoms with Gasteiger partial charge in [0.1, 0.15) is 11.5 Å². The molecule has 158 valence electrons. The Morgan fingerprint density at radius 3 is 2.77 bits per heavy atom. The predicted octanol–water partition coefficient (Wildman–Crippen LogP) is 5.21. The van der Waals surface area contributed by atoms with Gasteiger partial charge < -0.3 is 19.7 Å². The number of halogens is 1. The van der Waals surface area contributed by atoms with E-state index in [1.807, 2.05) is 25.1 Å². The lowest BCUT2D eigenvalue weighted by Gasteiger charge is -2.31. The number of anilines is 2. The largest absolute Gasteiger partial charge is 0.495 e. The fourth-order valence-electron chi connectivity index (χ4n) is 3.61. The van der Waals surface area contributed by atoms with E-state index >= 15 is 0 Å². The van der Waals surface area contributed by atoms with Crippen molar-refractivity contribution in [3.8, 4) is 11.5 Å². The molecule has 6 nitrogen and oxygen atoms in total. The van der Waals surface area contributed by atoms with E-state index in [-0.39, 0.29) is 11.8 Å². The van der Waals surface area contributed by atoms with Gasteiger partial charge in [-0.2, -0.15) is 0 Å². The number of thiazole rings is 1. The summed E-state index contributed by atoms with van der Waals surface area (Å²) in [7, 11) is 1.57. The summed E-state index contributed by atoms with van der Waals surface area (Å²) < 4.78 is 11.9. The van der Waals surface area contributed by atoms with Crippen LogP contribution in [0.3, 0.4) is 0 Å². The quantitative estimate of drug-likeness (QED) is 0.564. The second-order valence-electron chi connectivity index (χ2n) is 7.16. The van der Waals surface area contributed by atoms with Crippen LogP contribution in [0.4, 0.5) is 10.8 Å². The summed E-state index contributed by atoms with van der Waals surface area (Å²) in [5, 5.41) is 4.45. The molecule has 0 unspecified atom stereocenters. The number of carbonyl (C=O) groups is 1. The van der Waals surface area contributed by atoms with Crippen LogP contribution < -0.4 is 19.7 Å². The minimum absolute atomic E-state index is 0.0268. The number of carbonyl (C=O) groups excluding carboxylic acids is 1. The van der Waals surface area contributed by atoms with E-state index < -0.39 is 0 Å². The van der Waals surface area contributed by atoms with Gasteiger partial charge in [0.25, 0.3) is 0 Å². The highest BCUT2D eigenvalue weighted by atomic mass is 35.5. The Kier molecular flexibility index (Phi) is 6.29. The molecule has 0 spiro atoms. The van der Waals surface area contributed by atoms with E-state index in [1.54, 1.807) is 36.6 Å². The molecule has 0 atom stereocenters. The van der Waals surface area contributed by atoms with Crippen molar-refractivity contribution >= 4 is 49.9 Å². The minimum Gasteiger partial charge on any atom is -0.495 e. The Morgan fingerprint density at radius 1 is 1.27 bits per heavy atom. The van der Waals surface area contributed by atoms with Crippen LogP contribution in [0.5, 0.6) is 11.5 Å². The van der Waals surface area contributed by atoms with Gasteiger partial charge >= 0.3 is 0 Å². The Labute approximate surface area is 184 Å². The Bertz CT molecular complexity index is 1050. The standard InChI is InChI=1S/C22H24ClN3O3S/c1-3-29-16-5-6-18-20(13-16)30-22(25-18)26-10-8-14(9-11-26)21(27)24-15-4-7-19(28-2)17(23)12-15/h4-7,12-14H,3,8-11H2,1-2H3,(H,24,27). The first-order valence-electron chi connectivity index (χ1n) is 10.00. The number of methoxy groups -OCH3 is 1. The first-order chi connectivity index (χ1) is 14.6. The van der Waals surface area contributed by atoms with Gasteiger partial charge in [0.2, 0.25) is 5.91 Å². The molecular formula is C22H24ClN3O3S. The fraction of sp³-hybridized carbons (Fsp3) is 0.364. The highest BCUT2D eigenvalue weighted by molar-refractivity contribution is 7.22. The third kappa shape index (κ3) is 4.47. The zero-order valence-electron chi connectivity index (χ0n) is 17.0. The van der Waals surface area contributed by atoms with Crippen molar-refractivity contribution in [2.24, 2.45) is 5.92 Å². The maximum atomic E-state index is 12.7. The number of rotatable bonds is 6. The van der Waals surface area contributed by atoms with Gasteiger partial charge in [-0.05, 0) is 56.2 Å².